The van der Waals surface area contributed by atoms with Gasteiger partial charge < -0.3 is 5.32 Å². The maximum absolute atomic E-state index is 11.9. The topological polar surface area (TPSA) is 76.9 Å². The molecule has 0 atom stereocenters. The molecular weight excluding hydrogens is 392 g/mol. The Morgan fingerprint density at radius 2 is 2.05 bits per heavy atom. The Labute approximate surface area is 131 Å². The Morgan fingerprint density at radius 1 is 1.40 bits per heavy atom. The van der Waals surface area contributed by atoms with E-state index in [-0.39, 0.29) is 18.1 Å². The van der Waals surface area contributed by atoms with E-state index in [9.17, 15) is 9.59 Å². The van der Waals surface area contributed by atoms with Gasteiger partial charge in [0, 0.05) is 8.95 Å². The summed E-state index contributed by atoms with van der Waals surface area (Å²) in [5.74, 6) is -0.266. The van der Waals surface area contributed by atoms with Crippen LogP contribution in [-0.2, 0) is 11.3 Å². The normalized spacial score (nSPS) is 10.3. The van der Waals surface area contributed by atoms with Crippen LogP contribution in [-0.4, -0.2) is 27.2 Å². The van der Waals surface area contributed by atoms with E-state index in [4.69, 9.17) is 0 Å². The molecule has 1 aromatic carbocycles. The Balaban J connectivity index is 2.10. The van der Waals surface area contributed by atoms with Crippen molar-refractivity contribution in [3.05, 3.63) is 38.5 Å². The van der Waals surface area contributed by atoms with Crippen LogP contribution in [0.15, 0.2) is 27.3 Å². The number of amides is 1. The van der Waals surface area contributed by atoms with Crippen LogP contribution < -0.4 is 5.32 Å². The summed E-state index contributed by atoms with van der Waals surface area (Å²) in [6, 6.07) is 3.81. The summed E-state index contributed by atoms with van der Waals surface area (Å²) in [6.07, 6.45) is 1.99. The highest BCUT2D eigenvalue weighted by atomic mass is 79.9. The van der Waals surface area contributed by atoms with Gasteiger partial charge in [0.05, 0.1) is 11.9 Å². The standard InChI is InChI=1S/C12H10Br2N4O2/c1-7-2-9(13)12(10(14)3-7)15-11(20)5-18-4-8(6-19)16-17-18/h2-4,6H,5H2,1H3,(H,15,20). The van der Waals surface area contributed by atoms with Crippen LogP contribution in [0, 0.1) is 6.92 Å². The highest BCUT2D eigenvalue weighted by molar-refractivity contribution is 9.11. The number of aryl methyl sites for hydroxylation is 1. The van der Waals surface area contributed by atoms with Crippen molar-refractivity contribution in [3.8, 4) is 0 Å². The maximum Gasteiger partial charge on any atom is 0.246 e. The molecule has 0 aliphatic heterocycles. The number of hydrogen-bond acceptors (Lipinski definition) is 4. The van der Waals surface area contributed by atoms with Crippen molar-refractivity contribution in [2.24, 2.45) is 0 Å². The number of benzene rings is 1. The summed E-state index contributed by atoms with van der Waals surface area (Å²) < 4.78 is 2.87. The van der Waals surface area contributed by atoms with Gasteiger partial charge in [0.2, 0.25) is 5.91 Å². The first-order valence-corrected chi connectivity index (χ1v) is 7.19. The van der Waals surface area contributed by atoms with Crippen LogP contribution >= 0.6 is 31.9 Å². The van der Waals surface area contributed by atoms with E-state index in [1.165, 1.54) is 10.9 Å². The second kappa shape index (κ2) is 6.27. The van der Waals surface area contributed by atoms with Gasteiger partial charge in [-0.15, -0.1) is 5.10 Å². The molecule has 0 saturated heterocycles. The number of nitrogens with one attached hydrogen (secondary N) is 1. The number of rotatable bonds is 4. The largest absolute Gasteiger partial charge is 0.323 e. The zero-order chi connectivity index (χ0) is 14.7. The number of aromatic nitrogens is 3. The van der Waals surface area contributed by atoms with Gasteiger partial charge in [-0.1, -0.05) is 5.21 Å². The van der Waals surface area contributed by atoms with E-state index in [0.717, 1.165) is 14.5 Å². The van der Waals surface area contributed by atoms with Gasteiger partial charge in [0.15, 0.2) is 6.29 Å². The average Bonchev–Trinajstić information content (AvgIpc) is 2.81. The van der Waals surface area contributed by atoms with E-state index in [2.05, 4.69) is 47.5 Å². The van der Waals surface area contributed by atoms with E-state index in [1.54, 1.807) is 0 Å². The quantitative estimate of drug-likeness (QED) is 0.798. The van der Waals surface area contributed by atoms with Gasteiger partial charge in [-0.3, -0.25) is 9.59 Å². The summed E-state index contributed by atoms with van der Waals surface area (Å²) in [6.45, 7) is 1.94. The molecule has 6 nitrogen and oxygen atoms in total. The first-order valence-electron chi connectivity index (χ1n) is 5.60. The first kappa shape index (κ1) is 14.9. The van der Waals surface area contributed by atoms with Crippen LogP contribution in [0.25, 0.3) is 0 Å². The van der Waals surface area contributed by atoms with Crippen LogP contribution in [0.5, 0.6) is 0 Å². The predicted octanol–water partition coefficient (Wildman–Crippen LogP) is 2.56. The Kier molecular flexibility index (Phi) is 4.66. The van der Waals surface area contributed by atoms with Crippen molar-refractivity contribution in [1.29, 1.82) is 0 Å². The van der Waals surface area contributed by atoms with Crippen molar-refractivity contribution in [3.63, 3.8) is 0 Å². The molecule has 8 heteroatoms. The molecule has 1 aromatic heterocycles. The summed E-state index contributed by atoms with van der Waals surface area (Å²) in [4.78, 5) is 22.4. The Bertz CT molecular complexity index is 646. The maximum atomic E-state index is 11.9. The minimum atomic E-state index is -0.266. The third kappa shape index (κ3) is 3.51. The second-order valence-corrected chi connectivity index (χ2v) is 5.82. The predicted molar refractivity (Wildman–Crippen MR) is 80.6 cm³/mol. The molecule has 104 valence electrons. The molecule has 20 heavy (non-hydrogen) atoms. The fourth-order valence-corrected chi connectivity index (χ4v) is 3.20. The van der Waals surface area contributed by atoms with Crippen LogP contribution in [0.3, 0.4) is 0 Å². The fraction of sp³-hybridized carbons (Fsp3) is 0.167. The first-order chi connectivity index (χ1) is 9.49. The lowest BCUT2D eigenvalue weighted by molar-refractivity contribution is -0.116. The molecule has 2 aromatic rings. The molecule has 1 amide bonds. The van der Waals surface area contributed by atoms with Crippen LogP contribution in [0.1, 0.15) is 16.1 Å². The number of aldehydes is 1. The van der Waals surface area contributed by atoms with E-state index in [0.29, 0.717) is 12.0 Å². The Morgan fingerprint density at radius 3 is 2.60 bits per heavy atom. The van der Waals surface area contributed by atoms with Crippen molar-refractivity contribution in [1.82, 2.24) is 15.0 Å². The molecule has 0 spiro atoms. The number of nitrogens with zero attached hydrogens (tertiary/aromatic N) is 3. The minimum Gasteiger partial charge on any atom is -0.323 e. The molecule has 0 saturated carbocycles. The Hall–Kier alpha value is -1.54. The van der Waals surface area contributed by atoms with Crippen molar-refractivity contribution in [2.45, 2.75) is 13.5 Å². The lowest BCUT2D eigenvalue weighted by atomic mass is 10.2. The number of hydrogen-bond donors (Lipinski definition) is 1. The molecule has 0 radical (unpaired) electrons. The van der Waals surface area contributed by atoms with Gasteiger partial charge in [-0.2, -0.15) is 0 Å². The van der Waals surface area contributed by atoms with Crippen molar-refractivity contribution in [2.75, 3.05) is 5.32 Å². The zero-order valence-corrected chi connectivity index (χ0v) is 13.6. The van der Waals surface area contributed by atoms with Gasteiger partial charge in [-0.25, -0.2) is 4.68 Å². The molecule has 0 fully saturated rings. The number of carbonyl (C=O) groups excluding carboxylic acids is 2. The SMILES string of the molecule is Cc1cc(Br)c(NC(=O)Cn2cc(C=O)nn2)c(Br)c1. The second-order valence-electron chi connectivity index (χ2n) is 4.11. The molecule has 2 rings (SSSR count). The van der Waals surface area contributed by atoms with Gasteiger partial charge >= 0.3 is 0 Å². The van der Waals surface area contributed by atoms with Gasteiger partial charge in [-0.05, 0) is 56.5 Å². The van der Waals surface area contributed by atoms with Crippen LogP contribution in [0.2, 0.25) is 0 Å². The van der Waals surface area contributed by atoms with Crippen molar-refractivity contribution < 1.29 is 9.59 Å². The highest BCUT2D eigenvalue weighted by Gasteiger charge is 2.11. The number of halogens is 2. The third-order valence-corrected chi connectivity index (χ3v) is 3.68. The summed E-state index contributed by atoms with van der Waals surface area (Å²) in [5, 5.41) is 10.0. The molecule has 0 aliphatic rings. The molecular formula is C12H10Br2N4O2. The minimum absolute atomic E-state index is 0.0202. The van der Waals surface area contributed by atoms with E-state index < -0.39 is 0 Å². The lowest BCUT2D eigenvalue weighted by Gasteiger charge is -2.10. The lowest BCUT2D eigenvalue weighted by Crippen LogP contribution is -2.19. The van der Waals surface area contributed by atoms with Gasteiger partial charge in [0.25, 0.3) is 0 Å². The molecule has 1 heterocycles. The number of anilines is 1. The summed E-state index contributed by atoms with van der Waals surface area (Å²) in [5.41, 5.74) is 1.90. The average molecular weight is 402 g/mol. The van der Waals surface area contributed by atoms with E-state index >= 15 is 0 Å². The smallest absolute Gasteiger partial charge is 0.246 e. The summed E-state index contributed by atoms with van der Waals surface area (Å²) in [7, 11) is 0. The molecule has 0 aliphatic carbocycles. The molecule has 0 unspecified atom stereocenters. The fourth-order valence-electron chi connectivity index (χ4n) is 1.59. The zero-order valence-electron chi connectivity index (χ0n) is 10.4. The molecule has 1 N–H and O–H groups in total. The monoisotopic (exact) mass is 400 g/mol. The van der Waals surface area contributed by atoms with Crippen LogP contribution in [0.4, 0.5) is 5.69 Å². The van der Waals surface area contributed by atoms with Gasteiger partial charge in [0.1, 0.15) is 12.2 Å². The number of carbonyl (C=O) groups is 2. The highest BCUT2D eigenvalue weighted by Crippen LogP contribution is 2.32. The molecule has 0 bridgehead atoms. The van der Waals surface area contributed by atoms with E-state index in [1.807, 2.05) is 19.1 Å². The summed E-state index contributed by atoms with van der Waals surface area (Å²) >= 11 is 6.80. The van der Waals surface area contributed by atoms with Crippen molar-refractivity contribution >= 4 is 49.7 Å². The third-order valence-electron chi connectivity index (χ3n) is 2.43.